The first-order valence-electron chi connectivity index (χ1n) is 11.8. The maximum atomic E-state index is 12.8. The van der Waals surface area contributed by atoms with Crippen molar-refractivity contribution >= 4 is 50.9 Å². The Kier molecular flexibility index (Phi) is 7.72. The number of aromatic nitrogens is 1. The van der Waals surface area contributed by atoms with E-state index in [9.17, 15) is 4.79 Å². The fourth-order valence-corrected chi connectivity index (χ4v) is 5.77. The molecule has 0 saturated heterocycles. The Labute approximate surface area is 224 Å². The molecule has 0 aliphatic carbocycles. The van der Waals surface area contributed by atoms with Crippen LogP contribution in [0.3, 0.4) is 0 Å². The summed E-state index contributed by atoms with van der Waals surface area (Å²) in [5.74, 6) is 1.19. The molecule has 2 aliphatic rings. The van der Waals surface area contributed by atoms with Crippen molar-refractivity contribution in [3.8, 4) is 5.75 Å². The molecule has 2 aromatic carbocycles. The van der Waals surface area contributed by atoms with Gasteiger partial charge in [0.1, 0.15) is 12.4 Å². The molecule has 1 aromatic heterocycles. The number of para-hydroxylation sites is 1. The van der Waals surface area contributed by atoms with E-state index in [2.05, 4.69) is 28.8 Å². The maximum absolute atomic E-state index is 12.8. The number of allylic oxidation sites excluding steroid dienone is 1. The van der Waals surface area contributed by atoms with Gasteiger partial charge in [-0.3, -0.25) is 10.2 Å². The lowest BCUT2D eigenvalue weighted by Crippen LogP contribution is -2.35. The highest BCUT2D eigenvalue weighted by Crippen LogP contribution is 2.33. The summed E-state index contributed by atoms with van der Waals surface area (Å²) in [6, 6.07) is 21.8. The molecule has 37 heavy (non-hydrogen) atoms. The maximum Gasteiger partial charge on any atom is 0.283 e. The van der Waals surface area contributed by atoms with E-state index in [1.807, 2.05) is 71.4 Å². The number of nitrogens with zero attached hydrogens (tertiary/aromatic N) is 4. The summed E-state index contributed by atoms with van der Waals surface area (Å²) < 4.78 is 8.78. The van der Waals surface area contributed by atoms with Gasteiger partial charge in [0.05, 0.1) is 12.1 Å². The lowest BCUT2D eigenvalue weighted by molar-refractivity contribution is -0.114. The lowest BCUT2D eigenvalue weighted by Gasteiger charge is -2.20. The number of fused-ring (bicyclic) bond motifs is 1. The van der Waals surface area contributed by atoms with Gasteiger partial charge in [-0.1, -0.05) is 66.4 Å². The Hall–Kier alpha value is -3.82. The molecule has 0 bridgehead atoms. The van der Waals surface area contributed by atoms with Gasteiger partial charge in [0.15, 0.2) is 10.2 Å². The molecule has 3 heterocycles. The van der Waals surface area contributed by atoms with Crippen LogP contribution >= 0.6 is 23.5 Å². The summed E-state index contributed by atoms with van der Waals surface area (Å²) in [7, 11) is 0. The summed E-state index contributed by atoms with van der Waals surface area (Å²) in [6.45, 7) is 4.86. The van der Waals surface area contributed by atoms with Crippen molar-refractivity contribution in [1.29, 1.82) is 5.41 Å². The first-order valence-corrected chi connectivity index (χ1v) is 13.6. The monoisotopic (exact) mass is 527 g/mol. The molecule has 5 rings (SSSR count). The van der Waals surface area contributed by atoms with Crippen LogP contribution < -0.4 is 4.74 Å². The van der Waals surface area contributed by atoms with Crippen molar-refractivity contribution < 1.29 is 9.53 Å². The van der Waals surface area contributed by atoms with Gasteiger partial charge in [-0.15, -0.1) is 11.7 Å². The van der Waals surface area contributed by atoms with Crippen molar-refractivity contribution in [2.75, 3.05) is 6.61 Å². The van der Waals surface area contributed by atoms with Crippen LogP contribution in [-0.4, -0.2) is 37.5 Å². The van der Waals surface area contributed by atoms with Crippen LogP contribution in [0.5, 0.6) is 5.75 Å². The van der Waals surface area contributed by atoms with E-state index in [0.29, 0.717) is 18.3 Å². The summed E-state index contributed by atoms with van der Waals surface area (Å²) in [4.78, 5) is 17.0. The van der Waals surface area contributed by atoms with Gasteiger partial charge in [-0.2, -0.15) is 10.0 Å². The third-order valence-corrected chi connectivity index (χ3v) is 7.84. The molecule has 0 radical (unpaired) electrons. The first kappa shape index (κ1) is 24.9. The van der Waals surface area contributed by atoms with E-state index in [1.54, 1.807) is 17.8 Å². The average molecular weight is 528 g/mol. The molecule has 0 spiro atoms. The van der Waals surface area contributed by atoms with Crippen LogP contribution in [0.1, 0.15) is 16.8 Å². The van der Waals surface area contributed by atoms with Crippen molar-refractivity contribution in [3.05, 3.63) is 108 Å². The third-order valence-electron chi connectivity index (χ3n) is 5.72. The lowest BCUT2D eigenvalue weighted by atomic mass is 10.1. The second-order valence-electron chi connectivity index (χ2n) is 8.24. The van der Waals surface area contributed by atoms with Gasteiger partial charge in [0.25, 0.3) is 5.91 Å². The van der Waals surface area contributed by atoms with Gasteiger partial charge in [0, 0.05) is 17.6 Å². The van der Waals surface area contributed by atoms with Crippen molar-refractivity contribution in [2.45, 2.75) is 18.7 Å². The predicted octanol–water partition coefficient (Wildman–Crippen LogP) is 5.81. The molecule has 7 nitrogen and oxygen atoms in total. The standard InChI is InChI=1S/C28H25N5O2S2/c1-2-9-21-12-6-7-14-24(21)35-17-16-32-15-8-13-22(32)18-23-25(29)33-27(30-26(23)34)37-28(31-33)36-19-20-10-4-3-5-11-20/h2-8,10-15,18,29H,1,9,16-17,19H2. The second kappa shape index (κ2) is 11.5. The zero-order valence-electron chi connectivity index (χ0n) is 20.0. The Morgan fingerprint density at radius 3 is 2.73 bits per heavy atom. The largest absolute Gasteiger partial charge is 0.491 e. The molecule has 186 valence electrons. The van der Waals surface area contributed by atoms with Crippen molar-refractivity contribution in [2.24, 2.45) is 10.1 Å². The number of thioether (sulfide) groups is 2. The minimum absolute atomic E-state index is 0.0279. The van der Waals surface area contributed by atoms with Gasteiger partial charge >= 0.3 is 0 Å². The highest BCUT2D eigenvalue weighted by molar-refractivity contribution is 8.45. The minimum atomic E-state index is -0.435. The number of hydrogen-bond acceptors (Lipinski definition) is 6. The average Bonchev–Trinajstić information content (AvgIpc) is 3.53. The van der Waals surface area contributed by atoms with E-state index in [1.165, 1.54) is 22.3 Å². The molecular formula is C28H25N5O2S2. The normalized spacial score (nSPS) is 16.0. The predicted molar refractivity (Wildman–Crippen MR) is 153 cm³/mol. The van der Waals surface area contributed by atoms with Crippen molar-refractivity contribution in [3.63, 3.8) is 0 Å². The van der Waals surface area contributed by atoms with E-state index >= 15 is 0 Å². The van der Waals surface area contributed by atoms with Crippen LogP contribution in [0, 0.1) is 5.41 Å². The molecular weight excluding hydrogens is 502 g/mol. The zero-order valence-corrected chi connectivity index (χ0v) is 21.7. The topological polar surface area (TPSA) is 83.0 Å². The number of carbonyl (C=O) groups excluding carboxylic acids is 1. The Morgan fingerprint density at radius 1 is 1.08 bits per heavy atom. The van der Waals surface area contributed by atoms with Crippen LogP contribution in [0.4, 0.5) is 0 Å². The van der Waals surface area contributed by atoms with E-state index in [-0.39, 0.29) is 11.4 Å². The number of ether oxygens (including phenoxy) is 1. The number of rotatable bonds is 9. The molecule has 0 atom stereocenters. The highest BCUT2D eigenvalue weighted by Gasteiger charge is 2.36. The van der Waals surface area contributed by atoms with E-state index < -0.39 is 5.91 Å². The van der Waals surface area contributed by atoms with Crippen LogP contribution in [-0.2, 0) is 23.5 Å². The fourth-order valence-electron chi connectivity index (χ4n) is 3.88. The van der Waals surface area contributed by atoms with Crippen LogP contribution in [0.25, 0.3) is 6.08 Å². The number of amidine groups is 2. The number of hydrazone groups is 1. The van der Waals surface area contributed by atoms with Gasteiger partial charge < -0.3 is 9.30 Å². The molecule has 3 aromatic rings. The second-order valence-corrected chi connectivity index (χ2v) is 10.4. The van der Waals surface area contributed by atoms with Gasteiger partial charge in [0.2, 0.25) is 5.17 Å². The number of carbonyl (C=O) groups is 1. The molecule has 1 N–H and O–H groups in total. The third kappa shape index (κ3) is 5.79. The summed E-state index contributed by atoms with van der Waals surface area (Å²) >= 11 is 2.89. The SMILES string of the molecule is C=CCc1ccccc1OCCn1cccc1C=C1C(=N)N2N=C(SCc3ccccc3)SC2=NC1=O. The van der Waals surface area contributed by atoms with E-state index in [4.69, 9.17) is 10.1 Å². The van der Waals surface area contributed by atoms with Crippen LogP contribution in [0.2, 0.25) is 0 Å². The van der Waals surface area contributed by atoms with Crippen molar-refractivity contribution in [1.82, 2.24) is 9.58 Å². The number of amides is 1. The zero-order chi connectivity index (χ0) is 25.6. The number of nitrogens with one attached hydrogen (secondary N) is 1. The smallest absolute Gasteiger partial charge is 0.283 e. The molecule has 0 unspecified atom stereocenters. The molecule has 0 fully saturated rings. The number of benzene rings is 2. The molecule has 0 saturated carbocycles. The van der Waals surface area contributed by atoms with Gasteiger partial charge in [-0.25, -0.2) is 0 Å². The molecule has 9 heteroatoms. The van der Waals surface area contributed by atoms with E-state index in [0.717, 1.165) is 33.6 Å². The fraction of sp³-hybridized carbons (Fsp3) is 0.143. The molecule has 1 amide bonds. The quantitative estimate of drug-likeness (QED) is 0.281. The Morgan fingerprint density at radius 2 is 1.89 bits per heavy atom. The Bertz CT molecular complexity index is 1430. The van der Waals surface area contributed by atoms with Gasteiger partial charge in [-0.05, 0) is 53.6 Å². The highest BCUT2D eigenvalue weighted by atomic mass is 32.2. The number of hydrogen-bond donors (Lipinski definition) is 1. The summed E-state index contributed by atoms with van der Waals surface area (Å²) in [6.07, 6.45) is 6.23. The minimum Gasteiger partial charge on any atom is -0.491 e. The number of aliphatic imine (C=N–C) groups is 1. The summed E-state index contributed by atoms with van der Waals surface area (Å²) in [5.41, 5.74) is 3.28. The van der Waals surface area contributed by atoms with Crippen LogP contribution in [0.15, 0.2) is 101 Å². The molecule has 2 aliphatic heterocycles. The Balaban J connectivity index is 1.26. The first-order chi connectivity index (χ1) is 18.1. The summed E-state index contributed by atoms with van der Waals surface area (Å²) in [5, 5.41) is 15.1.